The third kappa shape index (κ3) is 3.78. The topological polar surface area (TPSA) is 3.24 Å². The highest BCUT2D eigenvalue weighted by Crippen LogP contribution is 2.33. The summed E-state index contributed by atoms with van der Waals surface area (Å²) in [6.07, 6.45) is 6.40. The second-order valence-electron chi connectivity index (χ2n) is 6.23. The Balaban J connectivity index is 1.94. The molecule has 0 saturated carbocycles. The molecule has 0 bridgehead atoms. The van der Waals surface area contributed by atoms with Crippen LogP contribution in [0.3, 0.4) is 0 Å². The Kier molecular flexibility index (Phi) is 5.70. The molecule has 0 aliphatic rings. The molecule has 0 spiro atoms. The summed E-state index contributed by atoms with van der Waals surface area (Å²) in [6.45, 7) is 4.14. The SMILES string of the molecule is C/C=C\C(=C/C)c1ccccc1N(C)c1ccc(-c2ccccc2)cc1. The van der Waals surface area contributed by atoms with Crippen molar-refractivity contribution in [3.8, 4) is 11.1 Å². The van der Waals surface area contributed by atoms with E-state index in [9.17, 15) is 0 Å². The largest absolute Gasteiger partial charge is 0.344 e. The first-order valence-electron chi connectivity index (χ1n) is 9.02. The van der Waals surface area contributed by atoms with Crippen molar-refractivity contribution >= 4 is 16.9 Å². The van der Waals surface area contributed by atoms with Crippen molar-refractivity contribution in [2.75, 3.05) is 11.9 Å². The summed E-state index contributed by atoms with van der Waals surface area (Å²) >= 11 is 0. The molecule has 3 aromatic carbocycles. The Morgan fingerprint density at radius 3 is 2.00 bits per heavy atom. The van der Waals surface area contributed by atoms with Gasteiger partial charge in [-0.1, -0.05) is 78.9 Å². The van der Waals surface area contributed by atoms with Crippen molar-refractivity contribution in [1.82, 2.24) is 0 Å². The summed E-state index contributed by atoms with van der Waals surface area (Å²) in [5.74, 6) is 0. The van der Waals surface area contributed by atoms with Crippen LogP contribution in [0.4, 0.5) is 11.4 Å². The molecule has 0 unspecified atom stereocenters. The van der Waals surface area contributed by atoms with Crippen LogP contribution in [0, 0.1) is 0 Å². The van der Waals surface area contributed by atoms with Gasteiger partial charge in [0.05, 0.1) is 0 Å². The first-order chi connectivity index (χ1) is 12.7. The van der Waals surface area contributed by atoms with Gasteiger partial charge in [-0.05, 0) is 48.7 Å². The lowest BCUT2D eigenvalue weighted by Gasteiger charge is -2.23. The summed E-state index contributed by atoms with van der Waals surface area (Å²) < 4.78 is 0. The molecule has 0 atom stereocenters. The Morgan fingerprint density at radius 2 is 1.35 bits per heavy atom. The molecule has 1 nitrogen and oxygen atoms in total. The van der Waals surface area contributed by atoms with Gasteiger partial charge in [-0.25, -0.2) is 0 Å². The molecule has 0 N–H and O–H groups in total. The van der Waals surface area contributed by atoms with Gasteiger partial charge in [0, 0.05) is 24.0 Å². The van der Waals surface area contributed by atoms with E-state index in [4.69, 9.17) is 0 Å². The zero-order valence-corrected chi connectivity index (χ0v) is 15.7. The van der Waals surface area contributed by atoms with Crippen LogP contribution in [0.15, 0.2) is 97.1 Å². The molecule has 0 saturated heterocycles. The van der Waals surface area contributed by atoms with Crippen LogP contribution in [0.25, 0.3) is 16.7 Å². The summed E-state index contributed by atoms with van der Waals surface area (Å²) in [6, 6.07) is 27.8. The number of anilines is 2. The summed E-state index contributed by atoms with van der Waals surface area (Å²) in [5.41, 5.74) is 7.32. The highest BCUT2D eigenvalue weighted by molar-refractivity contribution is 5.84. The van der Waals surface area contributed by atoms with Gasteiger partial charge in [0.25, 0.3) is 0 Å². The number of benzene rings is 3. The molecule has 0 aliphatic heterocycles. The van der Waals surface area contributed by atoms with E-state index in [0.717, 1.165) is 0 Å². The van der Waals surface area contributed by atoms with Crippen LogP contribution in [0.1, 0.15) is 19.4 Å². The molecule has 0 heterocycles. The Bertz CT molecular complexity index is 902. The number of allylic oxidation sites excluding steroid dienone is 4. The molecule has 1 heteroatoms. The summed E-state index contributed by atoms with van der Waals surface area (Å²) in [4.78, 5) is 2.25. The maximum absolute atomic E-state index is 2.25. The Hall–Kier alpha value is -3.06. The number of hydrogen-bond donors (Lipinski definition) is 0. The minimum Gasteiger partial charge on any atom is -0.344 e. The molecule has 130 valence electrons. The van der Waals surface area contributed by atoms with Gasteiger partial charge < -0.3 is 4.90 Å². The van der Waals surface area contributed by atoms with Crippen molar-refractivity contribution in [3.05, 3.63) is 103 Å². The van der Waals surface area contributed by atoms with Gasteiger partial charge in [0.2, 0.25) is 0 Å². The molecule has 0 fully saturated rings. The standard InChI is InChI=1S/C25H25N/c1-4-11-20(5-2)24-14-9-10-15-25(24)26(3)23-18-16-22(17-19-23)21-12-7-6-8-13-21/h4-19H,1-3H3/b11-4-,20-5+. The minimum absolute atomic E-state index is 1.17. The third-order valence-electron chi connectivity index (χ3n) is 4.60. The average molecular weight is 339 g/mol. The van der Waals surface area contributed by atoms with Crippen molar-refractivity contribution in [2.45, 2.75) is 13.8 Å². The molecule has 0 amide bonds. The molecule has 3 rings (SSSR count). The maximum atomic E-state index is 2.25. The fourth-order valence-corrected chi connectivity index (χ4v) is 3.18. The Morgan fingerprint density at radius 1 is 0.731 bits per heavy atom. The molecular formula is C25H25N. The average Bonchev–Trinajstić information content (AvgIpc) is 2.72. The van der Waals surface area contributed by atoms with E-state index >= 15 is 0 Å². The zero-order chi connectivity index (χ0) is 18.4. The van der Waals surface area contributed by atoms with Gasteiger partial charge in [-0.2, -0.15) is 0 Å². The van der Waals surface area contributed by atoms with Gasteiger partial charge in [0.1, 0.15) is 0 Å². The second-order valence-corrected chi connectivity index (χ2v) is 6.23. The van der Waals surface area contributed by atoms with Crippen LogP contribution in [0.2, 0.25) is 0 Å². The van der Waals surface area contributed by atoms with Crippen LogP contribution in [0.5, 0.6) is 0 Å². The minimum atomic E-state index is 1.17. The van der Waals surface area contributed by atoms with Crippen LogP contribution < -0.4 is 4.90 Å². The molecule has 0 radical (unpaired) electrons. The highest BCUT2D eigenvalue weighted by Gasteiger charge is 2.11. The van der Waals surface area contributed by atoms with Gasteiger partial charge >= 0.3 is 0 Å². The van der Waals surface area contributed by atoms with E-state index in [-0.39, 0.29) is 0 Å². The first kappa shape index (κ1) is 17.8. The van der Waals surface area contributed by atoms with Crippen molar-refractivity contribution in [3.63, 3.8) is 0 Å². The molecule has 0 aromatic heterocycles. The van der Waals surface area contributed by atoms with E-state index in [1.165, 1.54) is 33.6 Å². The van der Waals surface area contributed by atoms with Crippen LogP contribution >= 0.6 is 0 Å². The van der Waals surface area contributed by atoms with Crippen molar-refractivity contribution in [2.24, 2.45) is 0 Å². The fourth-order valence-electron chi connectivity index (χ4n) is 3.18. The van der Waals surface area contributed by atoms with E-state index < -0.39 is 0 Å². The molecular weight excluding hydrogens is 314 g/mol. The smallest absolute Gasteiger partial charge is 0.0487 e. The van der Waals surface area contributed by atoms with E-state index in [0.29, 0.717) is 0 Å². The quantitative estimate of drug-likeness (QED) is 0.448. The molecule has 26 heavy (non-hydrogen) atoms. The van der Waals surface area contributed by atoms with E-state index in [2.05, 4.69) is 117 Å². The van der Waals surface area contributed by atoms with Gasteiger partial charge in [-0.15, -0.1) is 0 Å². The summed E-state index contributed by atoms with van der Waals surface area (Å²) in [7, 11) is 2.12. The monoisotopic (exact) mass is 339 g/mol. The third-order valence-corrected chi connectivity index (χ3v) is 4.60. The van der Waals surface area contributed by atoms with Crippen LogP contribution in [-0.4, -0.2) is 7.05 Å². The number of para-hydroxylation sites is 1. The van der Waals surface area contributed by atoms with E-state index in [1.54, 1.807) is 0 Å². The summed E-state index contributed by atoms with van der Waals surface area (Å²) in [5, 5.41) is 0. The van der Waals surface area contributed by atoms with Gasteiger partial charge in [-0.3, -0.25) is 0 Å². The first-order valence-corrected chi connectivity index (χ1v) is 9.02. The van der Waals surface area contributed by atoms with Crippen molar-refractivity contribution < 1.29 is 0 Å². The fraction of sp³-hybridized carbons (Fsp3) is 0.120. The number of rotatable bonds is 5. The van der Waals surface area contributed by atoms with Crippen molar-refractivity contribution in [1.29, 1.82) is 0 Å². The highest BCUT2D eigenvalue weighted by atomic mass is 15.1. The lowest BCUT2D eigenvalue weighted by atomic mass is 10.0. The Labute approximate surface area is 156 Å². The normalized spacial score (nSPS) is 11.7. The van der Waals surface area contributed by atoms with Gasteiger partial charge in [0.15, 0.2) is 0 Å². The molecule has 0 aliphatic carbocycles. The second kappa shape index (κ2) is 8.35. The lowest BCUT2D eigenvalue weighted by molar-refractivity contribution is 1.20. The number of nitrogens with zero attached hydrogens (tertiary/aromatic N) is 1. The zero-order valence-electron chi connectivity index (χ0n) is 15.7. The lowest BCUT2D eigenvalue weighted by Crippen LogP contribution is -2.11. The maximum Gasteiger partial charge on any atom is 0.0487 e. The predicted octanol–water partition coefficient (Wildman–Crippen LogP) is 7.10. The molecule has 3 aromatic rings. The van der Waals surface area contributed by atoms with Crippen LogP contribution in [-0.2, 0) is 0 Å². The van der Waals surface area contributed by atoms with E-state index in [1.807, 2.05) is 6.07 Å². The predicted molar refractivity (Wildman–Crippen MR) is 115 cm³/mol. The number of hydrogen-bond acceptors (Lipinski definition) is 1.